The lowest BCUT2D eigenvalue weighted by Gasteiger charge is -2.40. The Morgan fingerprint density at radius 3 is 2.57 bits per heavy atom. The van der Waals surface area contributed by atoms with Crippen molar-refractivity contribution in [2.75, 3.05) is 0 Å². The molecule has 0 amide bonds. The third-order valence-electron chi connectivity index (χ3n) is 5.41. The largest absolute Gasteiger partial charge is 0.504 e. The quantitative estimate of drug-likeness (QED) is 0.664. The fraction of sp³-hybridized carbons (Fsp3) is 0.368. The molecule has 0 unspecified atom stereocenters. The summed E-state index contributed by atoms with van der Waals surface area (Å²) in [5.41, 5.74) is 11.0. The van der Waals surface area contributed by atoms with Gasteiger partial charge in [0.25, 0.3) is 0 Å². The number of halogens is 1. The van der Waals surface area contributed by atoms with E-state index in [4.69, 9.17) is 5.73 Å². The molecule has 4 N–H and O–H groups in total. The predicted octanol–water partition coefficient (Wildman–Crippen LogP) is 3.76. The van der Waals surface area contributed by atoms with Crippen molar-refractivity contribution in [3.05, 3.63) is 58.7 Å². The molecular formula is C19H22BrNO2. The van der Waals surface area contributed by atoms with E-state index in [9.17, 15) is 10.2 Å². The van der Waals surface area contributed by atoms with Crippen LogP contribution in [0.2, 0.25) is 0 Å². The van der Waals surface area contributed by atoms with E-state index < -0.39 is 0 Å². The molecule has 0 radical (unpaired) electrons. The smallest absolute Gasteiger partial charge is 0.160 e. The van der Waals surface area contributed by atoms with Crippen LogP contribution < -0.4 is 5.73 Å². The van der Waals surface area contributed by atoms with Crippen molar-refractivity contribution >= 4 is 17.0 Å². The van der Waals surface area contributed by atoms with E-state index in [1.54, 1.807) is 6.07 Å². The van der Waals surface area contributed by atoms with Gasteiger partial charge in [-0.25, -0.2) is 0 Å². The van der Waals surface area contributed by atoms with E-state index in [0.717, 1.165) is 31.2 Å². The first-order chi connectivity index (χ1) is 10.6. The molecule has 0 aliphatic heterocycles. The summed E-state index contributed by atoms with van der Waals surface area (Å²) in [7, 11) is 0. The van der Waals surface area contributed by atoms with Gasteiger partial charge in [0.15, 0.2) is 11.5 Å². The Kier molecular flexibility index (Phi) is 4.39. The number of aryl methyl sites for hydroxylation is 1. The Hall–Kier alpha value is -1.52. The van der Waals surface area contributed by atoms with Crippen LogP contribution in [0, 0.1) is 0 Å². The maximum atomic E-state index is 10.4. The Bertz CT molecular complexity index is 717. The number of phenolic OH excluding ortho intramolecular Hbond substituents is 2. The summed E-state index contributed by atoms with van der Waals surface area (Å²) in [4.78, 5) is 0. The second kappa shape index (κ2) is 6.17. The fourth-order valence-corrected chi connectivity index (χ4v) is 4.31. The molecule has 3 nitrogen and oxygen atoms in total. The molecule has 2 aliphatic carbocycles. The molecule has 0 bridgehead atoms. The molecule has 0 spiro atoms. The Morgan fingerprint density at radius 1 is 1.09 bits per heavy atom. The normalized spacial score (nSPS) is 25.3. The van der Waals surface area contributed by atoms with Crippen LogP contribution in [-0.4, -0.2) is 16.3 Å². The summed E-state index contributed by atoms with van der Waals surface area (Å²) in [6.07, 6.45) is 3.64. The van der Waals surface area contributed by atoms with Gasteiger partial charge in [0.2, 0.25) is 0 Å². The van der Waals surface area contributed by atoms with E-state index >= 15 is 0 Å². The van der Waals surface area contributed by atoms with Gasteiger partial charge in [-0.1, -0.05) is 30.3 Å². The van der Waals surface area contributed by atoms with Crippen LogP contribution in [0.15, 0.2) is 36.4 Å². The molecule has 2 aliphatic rings. The summed E-state index contributed by atoms with van der Waals surface area (Å²) >= 11 is 0. The molecule has 0 heterocycles. The van der Waals surface area contributed by atoms with Crippen molar-refractivity contribution in [1.29, 1.82) is 0 Å². The predicted molar refractivity (Wildman–Crippen MR) is 96.6 cm³/mol. The molecule has 0 saturated carbocycles. The minimum Gasteiger partial charge on any atom is -0.504 e. The number of benzene rings is 2. The van der Waals surface area contributed by atoms with Crippen LogP contribution in [0.5, 0.6) is 11.5 Å². The van der Waals surface area contributed by atoms with Gasteiger partial charge in [-0.3, -0.25) is 0 Å². The molecule has 2 aromatic carbocycles. The Labute approximate surface area is 146 Å². The number of aromatic hydroxyl groups is 2. The van der Waals surface area contributed by atoms with Gasteiger partial charge in [0, 0.05) is 17.5 Å². The van der Waals surface area contributed by atoms with Crippen molar-refractivity contribution in [1.82, 2.24) is 0 Å². The van der Waals surface area contributed by atoms with Crippen LogP contribution in [0.1, 0.15) is 46.9 Å². The van der Waals surface area contributed by atoms with Gasteiger partial charge in [0.1, 0.15) is 0 Å². The highest BCUT2D eigenvalue weighted by Crippen LogP contribution is 2.50. The topological polar surface area (TPSA) is 66.5 Å². The van der Waals surface area contributed by atoms with Crippen LogP contribution >= 0.6 is 17.0 Å². The van der Waals surface area contributed by atoms with E-state index in [1.165, 1.54) is 16.7 Å². The number of rotatable bonds is 1. The highest BCUT2D eigenvalue weighted by atomic mass is 79.9. The molecule has 2 aromatic rings. The van der Waals surface area contributed by atoms with E-state index in [1.807, 2.05) is 6.07 Å². The molecule has 0 aromatic heterocycles. The number of nitrogens with two attached hydrogens (primary N) is 1. The number of hydrogen-bond donors (Lipinski definition) is 3. The van der Waals surface area contributed by atoms with Gasteiger partial charge < -0.3 is 15.9 Å². The second-order valence-corrected chi connectivity index (χ2v) is 6.65. The molecule has 23 heavy (non-hydrogen) atoms. The van der Waals surface area contributed by atoms with Gasteiger partial charge in [-0.15, -0.1) is 17.0 Å². The summed E-state index contributed by atoms with van der Waals surface area (Å²) in [5, 5.41) is 20.4. The van der Waals surface area contributed by atoms with Crippen molar-refractivity contribution in [2.45, 2.75) is 43.6 Å². The zero-order chi connectivity index (χ0) is 15.3. The molecule has 4 rings (SSSR count). The molecular weight excluding hydrogens is 354 g/mol. The highest BCUT2D eigenvalue weighted by molar-refractivity contribution is 8.93. The van der Waals surface area contributed by atoms with E-state index in [-0.39, 0.29) is 40.4 Å². The summed E-state index contributed by atoms with van der Waals surface area (Å²) in [6, 6.07) is 12.3. The second-order valence-electron chi connectivity index (χ2n) is 6.65. The number of hydrogen-bond acceptors (Lipinski definition) is 3. The maximum Gasteiger partial charge on any atom is 0.160 e. The minimum atomic E-state index is 0. The average Bonchev–Trinajstić information content (AvgIpc) is 2.56. The molecule has 3 atom stereocenters. The Balaban J connectivity index is 0.00000156. The lowest BCUT2D eigenvalue weighted by atomic mass is 9.66. The first-order valence-electron chi connectivity index (χ1n) is 8.02. The standard InChI is InChI=1S/C19H21NO2.BrH/c20-16-7-6-12-10-17(21)19(22)15-9-13(8-14(16)18(12)15)11-4-2-1-3-5-11;/h1-5,10,13-14,16,21-22H,6-9,20H2;1H/t13-,14-,16+;/m0./s1. The SMILES string of the molecule is Br.N[C@@H]1CCc2cc(O)c(O)c3c2[C@H]1C[C@H](c1ccccc1)C3. The first kappa shape index (κ1) is 16.3. The lowest BCUT2D eigenvalue weighted by molar-refractivity contribution is 0.360. The Morgan fingerprint density at radius 2 is 1.83 bits per heavy atom. The molecule has 122 valence electrons. The monoisotopic (exact) mass is 375 g/mol. The van der Waals surface area contributed by atoms with Crippen LogP contribution in [0.4, 0.5) is 0 Å². The van der Waals surface area contributed by atoms with Gasteiger partial charge in [-0.05, 0) is 54.4 Å². The van der Waals surface area contributed by atoms with Crippen molar-refractivity contribution in [2.24, 2.45) is 5.73 Å². The third-order valence-corrected chi connectivity index (χ3v) is 5.41. The maximum absolute atomic E-state index is 10.4. The van der Waals surface area contributed by atoms with Crippen molar-refractivity contribution < 1.29 is 10.2 Å². The summed E-state index contributed by atoms with van der Waals surface area (Å²) < 4.78 is 0. The first-order valence-corrected chi connectivity index (χ1v) is 8.02. The third kappa shape index (κ3) is 2.64. The molecule has 0 saturated heterocycles. The molecule has 0 fully saturated rings. The van der Waals surface area contributed by atoms with E-state index in [0.29, 0.717) is 5.92 Å². The summed E-state index contributed by atoms with van der Waals surface area (Å²) in [6.45, 7) is 0. The average molecular weight is 376 g/mol. The van der Waals surface area contributed by atoms with Crippen molar-refractivity contribution in [3.63, 3.8) is 0 Å². The number of phenols is 2. The minimum absolute atomic E-state index is 0. The van der Waals surface area contributed by atoms with E-state index in [2.05, 4.69) is 24.3 Å². The fourth-order valence-electron chi connectivity index (χ4n) is 4.31. The van der Waals surface area contributed by atoms with Crippen LogP contribution in [0.3, 0.4) is 0 Å². The van der Waals surface area contributed by atoms with Gasteiger partial charge in [-0.2, -0.15) is 0 Å². The van der Waals surface area contributed by atoms with Crippen LogP contribution in [0.25, 0.3) is 0 Å². The zero-order valence-electron chi connectivity index (χ0n) is 12.9. The van der Waals surface area contributed by atoms with Gasteiger partial charge in [0.05, 0.1) is 0 Å². The zero-order valence-corrected chi connectivity index (χ0v) is 14.6. The highest BCUT2D eigenvalue weighted by Gasteiger charge is 2.38. The molecule has 4 heteroatoms. The van der Waals surface area contributed by atoms with Gasteiger partial charge >= 0.3 is 0 Å². The van der Waals surface area contributed by atoms with Crippen molar-refractivity contribution in [3.8, 4) is 11.5 Å². The lowest BCUT2D eigenvalue weighted by Crippen LogP contribution is -2.37. The summed E-state index contributed by atoms with van der Waals surface area (Å²) in [5.74, 6) is 0.697. The van der Waals surface area contributed by atoms with Crippen LogP contribution in [-0.2, 0) is 12.8 Å².